The Morgan fingerprint density at radius 1 is 0.197 bits per heavy atom. The summed E-state index contributed by atoms with van der Waals surface area (Å²) in [6, 6.07) is 0. The Morgan fingerprint density at radius 2 is 0.393 bits per heavy atom. The van der Waals surface area contributed by atoms with Gasteiger partial charge in [-0.25, -0.2) is 9.97 Å². The van der Waals surface area contributed by atoms with Crippen molar-refractivity contribution in [1.82, 2.24) is 9.97 Å². The lowest BCUT2D eigenvalue weighted by Gasteiger charge is -2.16. The third kappa shape index (κ3) is 39.2. The summed E-state index contributed by atoms with van der Waals surface area (Å²) in [5, 5.41) is 0. The Hall–Kier alpha value is -0.920. The van der Waals surface area contributed by atoms with Crippen LogP contribution in [0.1, 0.15) is 352 Å². The van der Waals surface area contributed by atoms with Gasteiger partial charge in [0.2, 0.25) is 0 Å². The van der Waals surface area contributed by atoms with E-state index in [-0.39, 0.29) is 0 Å². The first-order chi connectivity index (χ1) is 30.3. The van der Waals surface area contributed by atoms with Crippen LogP contribution < -0.4 is 0 Å². The van der Waals surface area contributed by atoms with Gasteiger partial charge in [-0.15, -0.1) is 0 Å². The highest BCUT2D eigenvalue weighted by Gasteiger charge is 2.15. The van der Waals surface area contributed by atoms with Crippen molar-refractivity contribution in [1.29, 1.82) is 0 Å². The number of nitrogens with zero attached hydrogens (tertiary/aromatic N) is 2. The van der Waals surface area contributed by atoms with E-state index in [1.54, 1.807) is 5.56 Å². The molecule has 1 rings (SSSR count). The van der Waals surface area contributed by atoms with Crippen LogP contribution >= 0.6 is 0 Å². The minimum absolute atomic E-state index is 1.06. The molecule has 1 aromatic heterocycles. The van der Waals surface area contributed by atoms with E-state index in [9.17, 15) is 0 Å². The Balaban J connectivity index is 2.54. The minimum atomic E-state index is 1.06. The van der Waals surface area contributed by atoms with E-state index >= 15 is 0 Å². The summed E-state index contributed by atoms with van der Waals surface area (Å²) in [6.07, 6.45) is 71.5. The zero-order valence-electron chi connectivity index (χ0n) is 43.0. The van der Waals surface area contributed by atoms with Gasteiger partial charge in [0.25, 0.3) is 0 Å². The predicted molar refractivity (Wildman–Crippen MR) is 277 cm³/mol. The Bertz CT molecular complexity index is 930. The zero-order valence-corrected chi connectivity index (χ0v) is 43.0. The summed E-state index contributed by atoms with van der Waals surface area (Å²) < 4.78 is 0. The molecule has 0 amide bonds. The van der Waals surface area contributed by atoms with Crippen molar-refractivity contribution in [2.45, 2.75) is 355 Å². The van der Waals surface area contributed by atoms with Crippen LogP contribution in [-0.4, -0.2) is 9.97 Å². The van der Waals surface area contributed by atoms with Crippen molar-refractivity contribution in [3.05, 3.63) is 22.8 Å². The summed E-state index contributed by atoms with van der Waals surface area (Å²) in [7, 11) is 0. The lowest BCUT2D eigenvalue weighted by atomic mass is 9.96. The molecule has 0 aliphatic heterocycles. The van der Waals surface area contributed by atoms with Gasteiger partial charge in [0.1, 0.15) is 5.82 Å². The van der Waals surface area contributed by atoms with Crippen molar-refractivity contribution in [2.24, 2.45) is 0 Å². The van der Waals surface area contributed by atoms with Crippen LogP contribution in [0.15, 0.2) is 0 Å². The average molecular weight is 852 g/mol. The Labute approximate surface area is 386 Å². The van der Waals surface area contributed by atoms with Crippen molar-refractivity contribution in [2.75, 3.05) is 0 Å². The monoisotopic (exact) mass is 851 g/mol. The van der Waals surface area contributed by atoms with Crippen LogP contribution in [0.2, 0.25) is 0 Å². The topological polar surface area (TPSA) is 25.8 Å². The maximum atomic E-state index is 5.37. The van der Waals surface area contributed by atoms with E-state index in [4.69, 9.17) is 9.97 Å². The van der Waals surface area contributed by atoms with Crippen LogP contribution in [0.4, 0.5) is 0 Å². The second-order valence-corrected chi connectivity index (χ2v) is 20.2. The van der Waals surface area contributed by atoms with Gasteiger partial charge in [0, 0.05) is 17.8 Å². The van der Waals surface area contributed by atoms with Crippen LogP contribution in [0, 0.1) is 0 Å². The van der Waals surface area contributed by atoms with Crippen LogP contribution in [0.25, 0.3) is 0 Å². The molecule has 0 aliphatic carbocycles. The lowest BCUT2D eigenvalue weighted by Crippen LogP contribution is -2.11. The highest BCUT2D eigenvalue weighted by Crippen LogP contribution is 2.23. The normalized spacial score (nSPS) is 11.7. The van der Waals surface area contributed by atoms with E-state index in [0.717, 1.165) is 12.2 Å². The quantitative estimate of drug-likeness (QED) is 0.0610. The molecule has 1 heterocycles. The first-order valence-corrected chi connectivity index (χ1v) is 29.1. The molecule has 0 saturated heterocycles. The molecule has 0 aromatic carbocycles. The number of aryl methyl sites for hydroxylation is 3. The first-order valence-electron chi connectivity index (χ1n) is 29.1. The third-order valence-electron chi connectivity index (χ3n) is 14.0. The molecular weight excluding hydrogens is 737 g/mol. The van der Waals surface area contributed by atoms with Crippen molar-refractivity contribution in [3.63, 3.8) is 0 Å². The van der Waals surface area contributed by atoms with Crippen LogP contribution in [-0.2, 0) is 25.7 Å². The van der Waals surface area contributed by atoms with Gasteiger partial charge in [0.05, 0.1) is 0 Å². The van der Waals surface area contributed by atoms with E-state index in [0.29, 0.717) is 0 Å². The number of hydrogen-bond acceptors (Lipinski definition) is 2. The summed E-state index contributed by atoms with van der Waals surface area (Å²) in [5.74, 6) is 1.16. The van der Waals surface area contributed by atoms with Crippen LogP contribution in [0.5, 0.6) is 0 Å². The van der Waals surface area contributed by atoms with E-state index in [1.165, 1.54) is 332 Å². The fourth-order valence-corrected chi connectivity index (χ4v) is 9.79. The van der Waals surface area contributed by atoms with E-state index in [1.807, 2.05) is 0 Å². The fourth-order valence-electron chi connectivity index (χ4n) is 9.79. The van der Waals surface area contributed by atoms with Gasteiger partial charge in [-0.1, -0.05) is 304 Å². The van der Waals surface area contributed by atoms with Gasteiger partial charge in [-0.3, -0.25) is 0 Å². The molecule has 0 aliphatic rings. The molecular formula is C59H114N2. The maximum absolute atomic E-state index is 5.37. The molecule has 1 aromatic rings. The molecule has 0 saturated carbocycles. The number of aromatic nitrogens is 2. The van der Waals surface area contributed by atoms with Crippen molar-refractivity contribution < 1.29 is 0 Å². The fraction of sp³-hybridized carbons (Fsp3) is 0.932. The molecule has 0 spiro atoms. The highest BCUT2D eigenvalue weighted by molar-refractivity contribution is 5.27. The smallest absolute Gasteiger partial charge is 0.128 e. The minimum Gasteiger partial charge on any atom is -0.238 e. The van der Waals surface area contributed by atoms with Gasteiger partial charge in [0.15, 0.2) is 0 Å². The Morgan fingerprint density at radius 3 is 0.623 bits per heavy atom. The van der Waals surface area contributed by atoms with E-state index < -0.39 is 0 Å². The number of rotatable bonds is 51. The third-order valence-corrected chi connectivity index (χ3v) is 14.0. The Kier molecular flexibility index (Phi) is 46.2. The van der Waals surface area contributed by atoms with Crippen molar-refractivity contribution >= 4 is 0 Å². The number of unbranched alkanes of at least 4 members (excludes halogenated alkanes) is 43. The molecule has 360 valence electrons. The molecule has 2 heteroatoms. The summed E-state index contributed by atoms with van der Waals surface area (Å²) in [5.41, 5.74) is 4.50. The van der Waals surface area contributed by atoms with Crippen LogP contribution in [0.3, 0.4) is 0 Å². The largest absolute Gasteiger partial charge is 0.238 e. The summed E-state index contributed by atoms with van der Waals surface area (Å²) in [4.78, 5) is 10.7. The predicted octanol–water partition coefficient (Wildman–Crippen LogP) is 21.1. The molecule has 0 radical (unpaired) electrons. The molecule has 0 fully saturated rings. The molecule has 0 unspecified atom stereocenters. The second-order valence-electron chi connectivity index (χ2n) is 20.2. The first kappa shape index (κ1) is 58.1. The molecule has 0 bridgehead atoms. The second kappa shape index (κ2) is 48.5. The summed E-state index contributed by atoms with van der Waals surface area (Å²) >= 11 is 0. The SMILES string of the molecule is CCCCCCCCCCCCCCCCCc1nc(CCCC)nc(CCCCCCCCCCCCCCCCC)c1CCCCCCCCCCCCCCCCC. The van der Waals surface area contributed by atoms with Gasteiger partial charge in [-0.2, -0.15) is 0 Å². The van der Waals surface area contributed by atoms with E-state index in [2.05, 4.69) is 27.7 Å². The lowest BCUT2D eigenvalue weighted by molar-refractivity contribution is 0.528. The number of hydrogen-bond donors (Lipinski definition) is 0. The van der Waals surface area contributed by atoms with Crippen molar-refractivity contribution in [3.8, 4) is 0 Å². The average Bonchev–Trinajstić information content (AvgIpc) is 3.27. The van der Waals surface area contributed by atoms with Gasteiger partial charge < -0.3 is 0 Å². The molecule has 0 atom stereocenters. The molecule has 61 heavy (non-hydrogen) atoms. The molecule has 2 nitrogen and oxygen atoms in total. The zero-order chi connectivity index (χ0) is 43.8. The van der Waals surface area contributed by atoms with Gasteiger partial charge >= 0.3 is 0 Å². The molecule has 0 N–H and O–H groups in total. The van der Waals surface area contributed by atoms with Gasteiger partial charge in [-0.05, 0) is 50.5 Å². The maximum Gasteiger partial charge on any atom is 0.128 e. The summed E-state index contributed by atoms with van der Waals surface area (Å²) in [6.45, 7) is 9.27. The standard InChI is InChI=1S/C59H114N2/c1-5-9-13-16-19-22-25-28-31-34-37-40-43-46-49-52-56-57(53-50-47-44-41-38-35-32-29-26-23-20-17-14-10-6-2)60-59(55-12-8-4)61-58(56)54-51-48-45-42-39-36-33-30-27-24-21-18-15-11-7-3/h5-55H2,1-4H3. The highest BCUT2D eigenvalue weighted by atomic mass is 14.9.